The largest absolute Gasteiger partial charge is 0.456 e. The van der Waals surface area contributed by atoms with E-state index >= 15 is 0 Å². The maximum Gasteiger partial charge on any atom is 0.147 e. The van der Waals surface area contributed by atoms with Crippen molar-refractivity contribution in [2.45, 2.75) is 0 Å². The first-order chi connectivity index (χ1) is 25.2. The Morgan fingerprint density at radius 1 is 0.490 bits per heavy atom. The number of furan rings is 2. The van der Waals surface area contributed by atoms with Crippen LogP contribution in [0.15, 0.2) is 160 Å². The fourth-order valence-corrected chi connectivity index (χ4v) is 7.86. The number of hydrogen-bond acceptors (Lipinski definition) is 4. The first kappa shape index (κ1) is 27.8. The van der Waals surface area contributed by atoms with Crippen LogP contribution >= 0.6 is 0 Å². The zero-order valence-electron chi connectivity index (χ0n) is 27.1. The molecule has 5 nitrogen and oxygen atoms in total. The van der Waals surface area contributed by atoms with Crippen LogP contribution in [-0.4, -0.2) is 9.55 Å². The van der Waals surface area contributed by atoms with E-state index in [0.29, 0.717) is 5.56 Å². The van der Waals surface area contributed by atoms with Crippen LogP contribution in [0.3, 0.4) is 0 Å². The van der Waals surface area contributed by atoms with E-state index in [0.717, 1.165) is 105 Å². The summed E-state index contributed by atoms with van der Waals surface area (Å²) in [5.74, 6) is 0. The summed E-state index contributed by atoms with van der Waals surface area (Å²) in [5.41, 5.74) is 12.0. The predicted octanol–water partition coefficient (Wildman–Crippen LogP) is 12.3. The number of nitrogens with zero attached hydrogens (tertiary/aromatic N) is 3. The van der Waals surface area contributed by atoms with E-state index in [1.54, 1.807) is 0 Å². The van der Waals surface area contributed by atoms with E-state index in [-0.39, 0.29) is 0 Å². The molecular formula is C46H25N3O2. The number of fused-ring (bicyclic) bond motifs is 11. The van der Waals surface area contributed by atoms with Gasteiger partial charge in [0.1, 0.15) is 22.3 Å². The highest BCUT2D eigenvalue weighted by Crippen LogP contribution is 2.43. The van der Waals surface area contributed by atoms with E-state index in [1.807, 2.05) is 66.7 Å². The van der Waals surface area contributed by atoms with Gasteiger partial charge in [-0.05, 0) is 77.9 Å². The Labute approximate surface area is 290 Å². The van der Waals surface area contributed by atoms with Crippen LogP contribution in [0.5, 0.6) is 0 Å². The van der Waals surface area contributed by atoms with Crippen LogP contribution in [-0.2, 0) is 0 Å². The van der Waals surface area contributed by atoms with Gasteiger partial charge in [0.05, 0.1) is 39.3 Å². The number of rotatable bonds is 3. The summed E-state index contributed by atoms with van der Waals surface area (Å²) in [6.07, 6.45) is 0. The molecule has 0 bridgehead atoms. The lowest BCUT2D eigenvalue weighted by Gasteiger charge is -2.10. The zero-order chi connectivity index (χ0) is 33.6. The first-order valence-corrected chi connectivity index (χ1v) is 16.9. The smallest absolute Gasteiger partial charge is 0.147 e. The molecule has 0 saturated carbocycles. The Hall–Kier alpha value is -7.16. The third-order valence-electron chi connectivity index (χ3n) is 10.2. The second kappa shape index (κ2) is 10.4. The van der Waals surface area contributed by atoms with Crippen molar-refractivity contribution in [1.29, 1.82) is 5.26 Å². The number of nitriles is 1. The quantitative estimate of drug-likeness (QED) is 0.191. The average Bonchev–Trinajstić information content (AvgIpc) is 3.86. The van der Waals surface area contributed by atoms with Gasteiger partial charge >= 0.3 is 0 Å². The molecule has 236 valence electrons. The van der Waals surface area contributed by atoms with Gasteiger partial charge in [-0.3, -0.25) is 0 Å². The molecule has 0 aliphatic heterocycles. The van der Waals surface area contributed by atoms with Crippen LogP contribution in [0.1, 0.15) is 5.56 Å². The van der Waals surface area contributed by atoms with E-state index in [9.17, 15) is 5.26 Å². The summed E-state index contributed by atoms with van der Waals surface area (Å²) in [6.45, 7) is 0. The van der Waals surface area contributed by atoms with Crippen molar-refractivity contribution >= 4 is 76.6 Å². The molecule has 0 fully saturated rings. The Balaban J connectivity index is 1.14. The minimum absolute atomic E-state index is 0.637. The summed E-state index contributed by atoms with van der Waals surface area (Å²) in [4.78, 5) is 5.38. The van der Waals surface area contributed by atoms with E-state index in [1.165, 1.54) is 0 Å². The van der Waals surface area contributed by atoms with Crippen LogP contribution in [0.4, 0.5) is 0 Å². The minimum Gasteiger partial charge on any atom is -0.456 e. The van der Waals surface area contributed by atoms with Crippen LogP contribution in [0.2, 0.25) is 0 Å². The van der Waals surface area contributed by atoms with Crippen molar-refractivity contribution in [2.75, 3.05) is 0 Å². The number of para-hydroxylation sites is 3. The molecule has 7 aromatic carbocycles. The van der Waals surface area contributed by atoms with Crippen molar-refractivity contribution < 1.29 is 8.83 Å². The highest BCUT2D eigenvalue weighted by molar-refractivity contribution is 6.22. The number of hydrogen-bond donors (Lipinski definition) is 0. The second-order valence-electron chi connectivity index (χ2n) is 13.1. The molecule has 0 aliphatic rings. The predicted molar refractivity (Wildman–Crippen MR) is 206 cm³/mol. The van der Waals surface area contributed by atoms with Gasteiger partial charge in [-0.2, -0.15) is 5.26 Å². The number of benzene rings is 7. The molecule has 11 rings (SSSR count). The molecular weight excluding hydrogens is 627 g/mol. The molecule has 0 aliphatic carbocycles. The molecule has 0 spiro atoms. The van der Waals surface area contributed by atoms with Crippen molar-refractivity contribution in [3.63, 3.8) is 0 Å². The third-order valence-corrected chi connectivity index (χ3v) is 10.2. The van der Waals surface area contributed by atoms with Crippen LogP contribution < -0.4 is 0 Å². The Morgan fingerprint density at radius 3 is 2.12 bits per heavy atom. The van der Waals surface area contributed by atoms with Gasteiger partial charge in [0.2, 0.25) is 0 Å². The van der Waals surface area contributed by atoms with Crippen LogP contribution in [0.25, 0.3) is 105 Å². The summed E-state index contributed by atoms with van der Waals surface area (Å²) in [6, 6.07) is 54.3. The maximum absolute atomic E-state index is 9.72. The molecule has 11 aromatic rings. The fourth-order valence-electron chi connectivity index (χ4n) is 7.86. The fraction of sp³-hybridized carbons (Fsp3) is 0. The van der Waals surface area contributed by atoms with Crippen molar-refractivity contribution in [2.24, 2.45) is 0 Å². The topological polar surface area (TPSA) is 67.9 Å². The highest BCUT2D eigenvalue weighted by Gasteiger charge is 2.20. The zero-order valence-corrected chi connectivity index (χ0v) is 27.1. The standard InChI is InChI=1S/C46H25N3O2/c47-26-27-17-19-32-35-23-29(18-20-39(35)49(40(32)21-27)31-11-2-1-3-12-31)28-9-8-10-30(22-28)45-44-34-14-5-7-16-42(34)51-46(44)37-25-43-36(24-38(37)48-45)33-13-4-6-15-41(33)50-43/h1-25H. The van der Waals surface area contributed by atoms with E-state index < -0.39 is 0 Å². The lowest BCUT2D eigenvalue weighted by molar-refractivity contribution is 0.666. The molecule has 0 saturated heterocycles. The van der Waals surface area contributed by atoms with Gasteiger partial charge in [0, 0.05) is 43.6 Å². The average molecular weight is 652 g/mol. The van der Waals surface area contributed by atoms with Crippen molar-refractivity contribution in [1.82, 2.24) is 9.55 Å². The Bertz CT molecular complexity index is 3270. The molecule has 0 unspecified atom stereocenters. The molecule has 0 radical (unpaired) electrons. The molecule has 51 heavy (non-hydrogen) atoms. The van der Waals surface area contributed by atoms with E-state index in [4.69, 9.17) is 13.8 Å². The Kier molecular flexibility index (Phi) is 5.67. The molecule has 0 atom stereocenters. The summed E-state index contributed by atoms with van der Waals surface area (Å²) >= 11 is 0. The monoisotopic (exact) mass is 651 g/mol. The lowest BCUT2D eigenvalue weighted by Crippen LogP contribution is -1.93. The van der Waals surface area contributed by atoms with Gasteiger partial charge in [-0.1, -0.05) is 84.9 Å². The van der Waals surface area contributed by atoms with E-state index in [2.05, 4.69) is 95.6 Å². The molecule has 4 heterocycles. The highest BCUT2D eigenvalue weighted by atomic mass is 16.3. The molecule has 5 heteroatoms. The number of aromatic nitrogens is 2. The molecule has 4 aromatic heterocycles. The third kappa shape index (κ3) is 4.05. The SMILES string of the molecule is N#Cc1ccc2c3cc(-c4cccc(-c5nc6cc7c(cc6c6oc8ccccc8c56)oc5ccccc57)c4)ccc3n(-c3ccccc3)c2c1. The molecule has 0 N–H and O–H groups in total. The summed E-state index contributed by atoms with van der Waals surface area (Å²) in [7, 11) is 0. The van der Waals surface area contributed by atoms with Gasteiger partial charge in [-0.25, -0.2) is 4.98 Å². The summed E-state index contributed by atoms with van der Waals surface area (Å²) < 4.78 is 15.1. The van der Waals surface area contributed by atoms with Crippen molar-refractivity contribution in [3.8, 4) is 34.1 Å². The Morgan fingerprint density at radius 2 is 1.25 bits per heavy atom. The molecule has 0 amide bonds. The van der Waals surface area contributed by atoms with Crippen molar-refractivity contribution in [3.05, 3.63) is 157 Å². The second-order valence-corrected chi connectivity index (χ2v) is 13.1. The van der Waals surface area contributed by atoms with Gasteiger partial charge in [0.25, 0.3) is 0 Å². The number of pyridine rings is 1. The minimum atomic E-state index is 0.637. The van der Waals surface area contributed by atoms with Gasteiger partial charge < -0.3 is 13.4 Å². The van der Waals surface area contributed by atoms with Gasteiger partial charge in [0.15, 0.2) is 0 Å². The van der Waals surface area contributed by atoms with Gasteiger partial charge in [-0.15, -0.1) is 0 Å². The van der Waals surface area contributed by atoms with Crippen LogP contribution in [0, 0.1) is 11.3 Å². The normalized spacial score (nSPS) is 11.9. The maximum atomic E-state index is 9.72. The summed E-state index contributed by atoms with van der Waals surface area (Å²) in [5, 5.41) is 17.0. The first-order valence-electron chi connectivity index (χ1n) is 16.9. The lowest BCUT2D eigenvalue weighted by atomic mass is 9.97.